The first-order chi connectivity index (χ1) is 13.3. The summed E-state index contributed by atoms with van der Waals surface area (Å²) in [6.07, 6.45) is 4.62. The van der Waals surface area contributed by atoms with Crippen molar-refractivity contribution >= 4 is 28.9 Å². The van der Waals surface area contributed by atoms with Crippen molar-refractivity contribution < 1.29 is 9.69 Å². The zero-order valence-corrected chi connectivity index (χ0v) is 18.8. The van der Waals surface area contributed by atoms with Gasteiger partial charge in [-0.05, 0) is 63.5 Å². The number of thiocarbonyl (C=S) groups is 1. The predicted molar refractivity (Wildman–Crippen MR) is 121 cm³/mol. The number of benzene rings is 1. The summed E-state index contributed by atoms with van der Waals surface area (Å²) in [5.41, 5.74) is 2.25. The molecule has 1 saturated heterocycles. The van der Waals surface area contributed by atoms with E-state index in [4.69, 9.17) is 12.2 Å². The number of quaternary nitrogens is 1. The van der Waals surface area contributed by atoms with E-state index in [0.29, 0.717) is 6.54 Å². The standard InChI is InChI=1S/C22H36N4OS/c1-5-6-8-18-9-11-19(12-10-18)23-21(28)26-14-7-13-25(15-16-26)17-20(27)24-22(2,3)4/h9-12H,5-8,13-17H2,1-4H3,(H,23,28)(H,24,27)/p+1. The second-order valence-corrected chi connectivity index (χ2v) is 9.18. The van der Waals surface area contributed by atoms with Crippen LogP contribution in [0.4, 0.5) is 5.69 Å². The van der Waals surface area contributed by atoms with Crippen LogP contribution in [0.3, 0.4) is 0 Å². The minimum atomic E-state index is -0.175. The molecule has 0 radical (unpaired) electrons. The number of carbonyl (C=O) groups is 1. The third-order valence-corrected chi connectivity index (χ3v) is 5.29. The molecule has 6 heteroatoms. The lowest BCUT2D eigenvalue weighted by atomic mass is 10.1. The molecule has 1 heterocycles. The van der Waals surface area contributed by atoms with Gasteiger partial charge < -0.3 is 20.4 Å². The van der Waals surface area contributed by atoms with E-state index in [0.717, 1.165) is 49.8 Å². The maximum Gasteiger partial charge on any atom is 0.275 e. The molecule has 1 atom stereocenters. The van der Waals surface area contributed by atoms with Gasteiger partial charge in [0.2, 0.25) is 0 Å². The Bertz CT molecular complexity index is 639. The molecule has 1 amide bonds. The van der Waals surface area contributed by atoms with Crippen molar-refractivity contribution in [3.63, 3.8) is 0 Å². The Balaban J connectivity index is 1.81. The summed E-state index contributed by atoms with van der Waals surface area (Å²) in [5, 5.41) is 7.22. The smallest absolute Gasteiger partial charge is 0.275 e. The lowest BCUT2D eigenvalue weighted by Crippen LogP contribution is -3.13. The molecule has 3 N–H and O–H groups in total. The summed E-state index contributed by atoms with van der Waals surface area (Å²) in [5.74, 6) is 0.125. The van der Waals surface area contributed by atoms with E-state index in [2.05, 4.69) is 46.7 Å². The van der Waals surface area contributed by atoms with Crippen LogP contribution in [0.5, 0.6) is 0 Å². The van der Waals surface area contributed by atoms with E-state index in [1.54, 1.807) is 0 Å². The van der Waals surface area contributed by atoms with Crippen molar-refractivity contribution in [3.05, 3.63) is 29.8 Å². The summed E-state index contributed by atoms with van der Waals surface area (Å²) < 4.78 is 0. The highest BCUT2D eigenvalue weighted by Crippen LogP contribution is 2.13. The molecule has 156 valence electrons. The monoisotopic (exact) mass is 405 g/mol. The lowest BCUT2D eigenvalue weighted by molar-refractivity contribution is -0.889. The zero-order valence-electron chi connectivity index (χ0n) is 17.9. The molecule has 1 aliphatic heterocycles. The zero-order chi connectivity index (χ0) is 20.6. The first kappa shape index (κ1) is 22.6. The number of hydrogen-bond acceptors (Lipinski definition) is 2. The Morgan fingerprint density at radius 3 is 2.54 bits per heavy atom. The van der Waals surface area contributed by atoms with Gasteiger partial charge in [-0.3, -0.25) is 4.79 Å². The molecule has 1 aliphatic rings. The maximum absolute atomic E-state index is 12.2. The molecule has 0 bridgehead atoms. The first-order valence-electron chi connectivity index (χ1n) is 10.6. The highest BCUT2D eigenvalue weighted by Gasteiger charge is 2.23. The third kappa shape index (κ3) is 8.15. The fraction of sp³-hybridized carbons (Fsp3) is 0.636. The van der Waals surface area contributed by atoms with Crippen LogP contribution in [0, 0.1) is 0 Å². The highest BCUT2D eigenvalue weighted by atomic mass is 32.1. The summed E-state index contributed by atoms with van der Waals surface area (Å²) in [4.78, 5) is 15.8. The normalized spacial score (nSPS) is 17.7. The Labute approximate surface area is 175 Å². The molecule has 1 aromatic carbocycles. The first-order valence-corrected chi connectivity index (χ1v) is 11.0. The van der Waals surface area contributed by atoms with Crippen LogP contribution < -0.4 is 15.5 Å². The fourth-order valence-corrected chi connectivity index (χ4v) is 3.76. The molecule has 1 fully saturated rings. The van der Waals surface area contributed by atoms with Gasteiger partial charge in [0.05, 0.1) is 19.6 Å². The Morgan fingerprint density at radius 2 is 1.89 bits per heavy atom. The van der Waals surface area contributed by atoms with Crippen LogP contribution in [-0.4, -0.2) is 54.2 Å². The summed E-state index contributed by atoms with van der Waals surface area (Å²) in [6, 6.07) is 8.60. The Morgan fingerprint density at radius 1 is 1.18 bits per heavy atom. The number of unbranched alkanes of at least 4 members (excludes halogenated alkanes) is 1. The van der Waals surface area contributed by atoms with Crippen LogP contribution in [0.15, 0.2) is 24.3 Å². The van der Waals surface area contributed by atoms with Crippen LogP contribution in [0.2, 0.25) is 0 Å². The van der Waals surface area contributed by atoms with Gasteiger partial charge in [-0.2, -0.15) is 0 Å². The number of rotatable bonds is 6. The van der Waals surface area contributed by atoms with E-state index in [9.17, 15) is 4.79 Å². The van der Waals surface area contributed by atoms with Gasteiger partial charge >= 0.3 is 0 Å². The average molecular weight is 406 g/mol. The summed E-state index contributed by atoms with van der Waals surface area (Å²) in [7, 11) is 0. The van der Waals surface area contributed by atoms with Gasteiger partial charge in [0.15, 0.2) is 11.7 Å². The molecule has 28 heavy (non-hydrogen) atoms. The van der Waals surface area contributed by atoms with Gasteiger partial charge in [0, 0.05) is 24.2 Å². The minimum absolute atomic E-state index is 0.125. The van der Waals surface area contributed by atoms with Gasteiger partial charge in [-0.15, -0.1) is 0 Å². The second kappa shape index (κ2) is 10.8. The van der Waals surface area contributed by atoms with Crippen molar-refractivity contribution in [2.24, 2.45) is 0 Å². The van der Waals surface area contributed by atoms with Gasteiger partial charge in [0.25, 0.3) is 5.91 Å². The number of nitrogens with zero attached hydrogens (tertiary/aromatic N) is 1. The Kier molecular flexibility index (Phi) is 8.70. The van der Waals surface area contributed by atoms with E-state index in [1.165, 1.54) is 23.3 Å². The number of anilines is 1. The number of hydrogen-bond donors (Lipinski definition) is 3. The molecule has 1 aromatic rings. The fourth-order valence-electron chi connectivity index (χ4n) is 3.46. The van der Waals surface area contributed by atoms with Crippen LogP contribution in [0.1, 0.15) is 52.5 Å². The third-order valence-electron chi connectivity index (χ3n) is 4.93. The molecular weight excluding hydrogens is 368 g/mol. The molecule has 2 rings (SSSR count). The molecule has 0 saturated carbocycles. The predicted octanol–water partition coefficient (Wildman–Crippen LogP) is 2.23. The minimum Gasteiger partial charge on any atom is -0.347 e. The van der Waals surface area contributed by atoms with E-state index >= 15 is 0 Å². The molecule has 0 spiro atoms. The number of amides is 1. The van der Waals surface area contributed by atoms with Crippen molar-refractivity contribution in [3.8, 4) is 0 Å². The number of aryl methyl sites for hydroxylation is 1. The summed E-state index contributed by atoms with van der Waals surface area (Å²) in [6.45, 7) is 12.5. The van der Waals surface area contributed by atoms with Crippen molar-refractivity contribution in [1.82, 2.24) is 10.2 Å². The Hall–Kier alpha value is -1.66. The second-order valence-electron chi connectivity index (χ2n) is 8.80. The molecular formula is C22H37N4OS+. The SMILES string of the molecule is CCCCc1ccc(NC(=S)N2CCC[NH+](CC(=O)NC(C)(C)C)CC2)cc1. The van der Waals surface area contributed by atoms with Crippen LogP contribution in [-0.2, 0) is 11.2 Å². The molecule has 5 nitrogen and oxygen atoms in total. The number of nitrogens with one attached hydrogen (secondary N) is 3. The van der Waals surface area contributed by atoms with E-state index in [1.807, 2.05) is 20.8 Å². The highest BCUT2D eigenvalue weighted by molar-refractivity contribution is 7.80. The topological polar surface area (TPSA) is 48.8 Å². The molecule has 0 aliphatic carbocycles. The van der Waals surface area contributed by atoms with Crippen LogP contribution >= 0.6 is 12.2 Å². The number of carbonyl (C=O) groups excluding carboxylic acids is 1. The van der Waals surface area contributed by atoms with Crippen molar-refractivity contribution in [2.75, 3.05) is 38.0 Å². The van der Waals surface area contributed by atoms with Gasteiger partial charge in [-0.1, -0.05) is 25.5 Å². The quantitative estimate of drug-likeness (QED) is 0.636. The maximum atomic E-state index is 12.2. The van der Waals surface area contributed by atoms with Crippen molar-refractivity contribution in [1.29, 1.82) is 0 Å². The van der Waals surface area contributed by atoms with Gasteiger partial charge in [-0.25, -0.2) is 0 Å². The van der Waals surface area contributed by atoms with Crippen LogP contribution in [0.25, 0.3) is 0 Å². The van der Waals surface area contributed by atoms with E-state index < -0.39 is 0 Å². The van der Waals surface area contributed by atoms with Crippen molar-refractivity contribution in [2.45, 2.75) is 58.9 Å². The van der Waals surface area contributed by atoms with E-state index in [-0.39, 0.29) is 11.4 Å². The average Bonchev–Trinajstić information content (AvgIpc) is 2.85. The van der Waals surface area contributed by atoms with Gasteiger partial charge in [0.1, 0.15) is 0 Å². The largest absolute Gasteiger partial charge is 0.347 e. The summed E-state index contributed by atoms with van der Waals surface area (Å²) >= 11 is 5.64. The lowest BCUT2D eigenvalue weighted by Gasteiger charge is -2.24. The molecule has 0 aromatic heterocycles. The molecule has 1 unspecified atom stereocenters.